The Balaban J connectivity index is 1.03. The molecule has 0 saturated carbocycles. The zero-order chi connectivity index (χ0) is 33.8. The molecule has 0 bridgehead atoms. The van der Waals surface area contributed by atoms with Gasteiger partial charge in [0, 0.05) is 32.2 Å². The first-order chi connectivity index (χ1) is 25.0. The van der Waals surface area contributed by atoms with Crippen molar-refractivity contribution in [3.05, 3.63) is 197 Å². The molecule has 51 heavy (non-hydrogen) atoms. The minimum Gasteiger partial charge on any atom is -0.0830 e. The van der Waals surface area contributed by atoms with Gasteiger partial charge in [0.2, 0.25) is 0 Å². The predicted octanol–water partition coefficient (Wildman–Crippen LogP) is 12.8. The van der Waals surface area contributed by atoms with Crippen LogP contribution in [0.15, 0.2) is 175 Å². The largest absolute Gasteiger partial charge is 0.0830 e. The fourth-order valence-electron chi connectivity index (χ4n) is 12.1. The van der Waals surface area contributed by atoms with Crippen LogP contribution in [0.25, 0.3) is 22.9 Å². The van der Waals surface area contributed by atoms with Crippen LogP contribution in [-0.4, -0.2) is 0 Å². The van der Waals surface area contributed by atoms with E-state index in [2.05, 4.69) is 170 Å². The van der Waals surface area contributed by atoms with Crippen molar-refractivity contribution < 1.29 is 0 Å². The van der Waals surface area contributed by atoms with Gasteiger partial charge in [0.1, 0.15) is 0 Å². The molecule has 12 rings (SSSR count). The van der Waals surface area contributed by atoms with Gasteiger partial charge in [-0.1, -0.05) is 134 Å². The van der Waals surface area contributed by atoms with Gasteiger partial charge in [0.15, 0.2) is 0 Å². The van der Waals surface area contributed by atoms with Crippen LogP contribution in [0.2, 0.25) is 0 Å². The summed E-state index contributed by atoms with van der Waals surface area (Å²) in [6.07, 6.45) is 48.6. The van der Waals surface area contributed by atoms with Crippen LogP contribution in [0.4, 0.5) is 0 Å². The highest BCUT2D eigenvalue weighted by atomic mass is 127. The monoisotopic (exact) mass is 766 g/mol. The maximum Gasteiger partial charge on any atom is 0.0314 e. The van der Waals surface area contributed by atoms with E-state index in [4.69, 9.17) is 0 Å². The Labute approximate surface area is 314 Å². The standard InChI is InChI=1S/C50H39I/c1-28-6-7-32-8-9-33-10-13-37(39-18-16-35(28)44(32)45(33)39)38-14-11-34-22-26-49(24-20-29(2)36-17-19-40(38)46(34)47(36)49)50-25-21-31-5-3-4-30-12-15-41(42(51)23-27-50)48(50)43(30)31/h3,5-23,25-26,30,37-40H,4,24,27H2,1-2H3/t30?,37?,38-,39?,40?,49-,50?/m1/s1. The highest BCUT2D eigenvalue weighted by Crippen LogP contribution is 2.70. The van der Waals surface area contributed by atoms with E-state index in [1.807, 2.05) is 0 Å². The van der Waals surface area contributed by atoms with Gasteiger partial charge in [0.05, 0.1) is 0 Å². The smallest absolute Gasteiger partial charge is 0.0314 e. The number of halogens is 1. The first-order valence-corrected chi connectivity index (χ1v) is 20.1. The summed E-state index contributed by atoms with van der Waals surface area (Å²) >= 11 is 2.62. The van der Waals surface area contributed by atoms with Gasteiger partial charge in [-0.2, -0.15) is 0 Å². The molecule has 0 saturated heterocycles. The van der Waals surface area contributed by atoms with Crippen LogP contribution in [-0.2, 0) is 0 Å². The van der Waals surface area contributed by atoms with Crippen LogP contribution in [0.3, 0.4) is 0 Å². The summed E-state index contributed by atoms with van der Waals surface area (Å²) in [5, 5.41) is 2.85. The lowest BCUT2D eigenvalue weighted by molar-refractivity contribution is 0.215. The minimum absolute atomic E-state index is 0.133. The van der Waals surface area contributed by atoms with Crippen LogP contribution in [0, 0.1) is 41.4 Å². The van der Waals surface area contributed by atoms with Crippen molar-refractivity contribution in [2.45, 2.75) is 39.0 Å². The number of benzene rings is 2. The third kappa shape index (κ3) is 3.53. The fraction of sp³-hybridized carbons (Fsp3) is 0.240. The van der Waals surface area contributed by atoms with E-state index < -0.39 is 0 Å². The SMILES string of the molecule is CC1=CC[C@@]2(C34C=CC5=C6C3=C(C=CC6CC=C5)C(I)=CC4)C=CC3=C4C2=C1C=CC4[C@@H](C1C=Cc2ccc4ccc(C)c5c4c2C1C=C5)C=C3. The molecule has 0 nitrogen and oxygen atoms in total. The Morgan fingerprint density at radius 3 is 2.25 bits per heavy atom. The molecule has 2 aromatic rings. The van der Waals surface area contributed by atoms with E-state index in [1.165, 1.54) is 58.9 Å². The van der Waals surface area contributed by atoms with Crippen LogP contribution < -0.4 is 0 Å². The molecule has 0 fully saturated rings. The zero-order valence-corrected chi connectivity index (χ0v) is 31.2. The fourth-order valence-corrected chi connectivity index (χ4v) is 12.8. The number of allylic oxidation sites excluding steroid dienone is 26. The number of hydrogen-bond acceptors (Lipinski definition) is 0. The molecule has 246 valence electrons. The summed E-state index contributed by atoms with van der Waals surface area (Å²) < 4.78 is 1.41. The summed E-state index contributed by atoms with van der Waals surface area (Å²) in [6.45, 7) is 4.63. The van der Waals surface area contributed by atoms with Crippen LogP contribution >= 0.6 is 22.6 Å². The van der Waals surface area contributed by atoms with Crippen molar-refractivity contribution in [3.63, 3.8) is 0 Å². The van der Waals surface area contributed by atoms with Gasteiger partial charge in [-0.3, -0.25) is 0 Å². The lowest BCUT2D eigenvalue weighted by atomic mass is 9.43. The zero-order valence-electron chi connectivity index (χ0n) is 29.1. The van der Waals surface area contributed by atoms with Crippen molar-refractivity contribution in [3.8, 4) is 0 Å². The quantitative estimate of drug-likeness (QED) is 0.267. The number of hydrogen-bond donors (Lipinski definition) is 0. The molecule has 1 heteroatoms. The second kappa shape index (κ2) is 10.0. The maximum atomic E-state index is 2.67. The van der Waals surface area contributed by atoms with Crippen molar-refractivity contribution in [2.75, 3.05) is 0 Å². The van der Waals surface area contributed by atoms with Crippen molar-refractivity contribution in [1.82, 2.24) is 0 Å². The molecule has 0 aliphatic heterocycles. The second-order valence-electron chi connectivity index (χ2n) is 16.5. The lowest BCUT2D eigenvalue weighted by Gasteiger charge is -2.59. The Morgan fingerprint density at radius 1 is 0.647 bits per heavy atom. The van der Waals surface area contributed by atoms with Crippen molar-refractivity contribution in [2.24, 2.45) is 34.5 Å². The normalized spacial score (nSPS) is 35.2. The molecule has 10 aliphatic carbocycles. The second-order valence-corrected chi connectivity index (χ2v) is 17.6. The summed E-state index contributed by atoms with van der Waals surface area (Å²) in [5.41, 5.74) is 19.1. The summed E-state index contributed by atoms with van der Waals surface area (Å²) in [7, 11) is 0. The minimum atomic E-state index is -0.151. The molecule has 0 heterocycles. The predicted molar refractivity (Wildman–Crippen MR) is 221 cm³/mol. The Morgan fingerprint density at radius 2 is 1.37 bits per heavy atom. The van der Waals surface area contributed by atoms with E-state index in [-0.39, 0.29) is 10.8 Å². The van der Waals surface area contributed by atoms with Gasteiger partial charge in [-0.25, -0.2) is 0 Å². The maximum absolute atomic E-state index is 2.67. The summed E-state index contributed by atoms with van der Waals surface area (Å²) in [5.74, 6) is 1.95. The van der Waals surface area contributed by atoms with E-state index >= 15 is 0 Å². The number of rotatable bonds is 2. The topological polar surface area (TPSA) is 0 Å². The average Bonchev–Trinajstić information content (AvgIpc) is 3.17. The summed E-state index contributed by atoms with van der Waals surface area (Å²) in [6, 6.07) is 9.30. The Kier molecular flexibility index (Phi) is 5.77. The third-order valence-corrected chi connectivity index (χ3v) is 15.5. The van der Waals surface area contributed by atoms with Gasteiger partial charge in [-0.05, 0) is 151 Å². The third-order valence-electron chi connectivity index (χ3n) is 14.4. The van der Waals surface area contributed by atoms with Crippen LogP contribution in [0.1, 0.15) is 54.4 Å². The highest BCUT2D eigenvalue weighted by Gasteiger charge is 2.60. The molecule has 5 unspecified atom stereocenters. The van der Waals surface area contributed by atoms with Gasteiger partial charge >= 0.3 is 0 Å². The molecule has 10 aliphatic rings. The first kappa shape index (κ1) is 29.4. The van der Waals surface area contributed by atoms with Gasteiger partial charge < -0.3 is 0 Å². The molecule has 0 radical (unpaired) electrons. The molecule has 0 amide bonds. The highest BCUT2D eigenvalue weighted by molar-refractivity contribution is 14.1. The summed E-state index contributed by atoms with van der Waals surface area (Å²) in [4.78, 5) is 0. The van der Waals surface area contributed by atoms with Gasteiger partial charge in [0.25, 0.3) is 0 Å². The molecule has 0 spiro atoms. The van der Waals surface area contributed by atoms with E-state index in [1.54, 1.807) is 27.9 Å². The molecule has 2 aromatic carbocycles. The molecular weight excluding hydrogens is 727 g/mol. The molecule has 0 N–H and O–H groups in total. The molecule has 0 aromatic heterocycles. The van der Waals surface area contributed by atoms with Crippen LogP contribution in [0.5, 0.6) is 0 Å². The number of fused-ring (bicyclic) bond motifs is 1. The van der Waals surface area contributed by atoms with Crippen molar-refractivity contribution >= 4 is 45.5 Å². The van der Waals surface area contributed by atoms with E-state index in [0.29, 0.717) is 29.6 Å². The molecular formula is C50H39I. The lowest BCUT2D eigenvalue weighted by Crippen LogP contribution is -2.50. The van der Waals surface area contributed by atoms with Crippen molar-refractivity contribution in [1.29, 1.82) is 0 Å². The Bertz CT molecular complexity index is 2550. The Hall–Kier alpha value is -4.21. The number of aryl methyl sites for hydroxylation is 1. The van der Waals surface area contributed by atoms with E-state index in [0.717, 1.165) is 19.3 Å². The van der Waals surface area contributed by atoms with E-state index in [9.17, 15) is 0 Å². The molecule has 7 atom stereocenters. The first-order valence-electron chi connectivity index (χ1n) is 19.0. The van der Waals surface area contributed by atoms with Gasteiger partial charge in [-0.15, -0.1) is 0 Å². The average molecular weight is 767 g/mol.